The first-order valence-corrected chi connectivity index (χ1v) is 6.59. The van der Waals surface area contributed by atoms with Crippen LogP contribution in [0.1, 0.15) is 47.9 Å². The van der Waals surface area contributed by atoms with Crippen LogP contribution in [0.2, 0.25) is 0 Å². The molecule has 0 saturated heterocycles. The van der Waals surface area contributed by atoms with Gasteiger partial charge in [-0.2, -0.15) is 0 Å². The summed E-state index contributed by atoms with van der Waals surface area (Å²) >= 11 is 0. The molecule has 3 heteroatoms. The summed E-state index contributed by atoms with van der Waals surface area (Å²) in [6, 6.07) is 0. The van der Waals surface area contributed by atoms with Crippen molar-refractivity contribution in [2.24, 2.45) is 5.92 Å². The molecule has 0 saturated carbocycles. The number of nitrogens with one attached hydrogen (secondary N) is 1. The fourth-order valence-electron chi connectivity index (χ4n) is 1.53. The third kappa shape index (κ3) is 6.83. The molecule has 0 fully saturated rings. The fraction of sp³-hybridized carbons (Fsp3) is 0.923. The van der Waals surface area contributed by atoms with Crippen molar-refractivity contribution in [1.82, 2.24) is 10.2 Å². The minimum atomic E-state index is 0. The predicted molar refractivity (Wildman–Crippen MR) is 71.6 cm³/mol. The van der Waals surface area contributed by atoms with Gasteiger partial charge in [-0.15, -0.1) is 0 Å². The molecule has 1 N–H and O–H groups in total. The molecule has 1 atom stereocenters. The summed E-state index contributed by atoms with van der Waals surface area (Å²) in [6.45, 7) is 9.04. The number of rotatable bonds is 9. The molecular formula is C13H30N2O. The van der Waals surface area contributed by atoms with E-state index >= 15 is 0 Å². The quantitative estimate of drug-likeness (QED) is 0.617. The molecule has 16 heavy (non-hydrogen) atoms. The molecule has 0 radical (unpaired) electrons. The lowest BCUT2D eigenvalue weighted by molar-refractivity contribution is -0.133. The van der Waals surface area contributed by atoms with Crippen molar-refractivity contribution in [2.45, 2.75) is 46.5 Å². The minimum Gasteiger partial charge on any atom is -0.344 e. The van der Waals surface area contributed by atoms with Crippen LogP contribution in [0.25, 0.3) is 0 Å². The van der Waals surface area contributed by atoms with E-state index in [2.05, 4.69) is 19.2 Å². The van der Waals surface area contributed by atoms with Crippen LogP contribution in [-0.4, -0.2) is 37.5 Å². The Hall–Kier alpha value is -0.570. The highest BCUT2D eigenvalue weighted by atomic mass is 16.2. The highest BCUT2D eigenvalue weighted by Gasteiger charge is 2.14. The molecule has 98 valence electrons. The van der Waals surface area contributed by atoms with Crippen LogP contribution in [-0.2, 0) is 4.79 Å². The van der Waals surface area contributed by atoms with Crippen LogP contribution in [0.4, 0.5) is 0 Å². The topological polar surface area (TPSA) is 32.3 Å². The van der Waals surface area contributed by atoms with Crippen molar-refractivity contribution in [1.29, 1.82) is 0 Å². The third-order valence-electron chi connectivity index (χ3n) is 2.99. The molecular weight excluding hydrogens is 200 g/mol. The zero-order valence-electron chi connectivity index (χ0n) is 11.4. The second-order valence-corrected chi connectivity index (χ2v) is 4.53. The Bertz CT molecular complexity index is 188. The largest absolute Gasteiger partial charge is 0.344 e. The van der Waals surface area contributed by atoms with E-state index in [4.69, 9.17) is 0 Å². The molecule has 0 aromatic heterocycles. The zero-order chi connectivity index (χ0) is 12.4. The first-order valence-electron chi connectivity index (χ1n) is 6.59. The molecule has 0 aliphatic rings. The van der Waals surface area contributed by atoms with Gasteiger partial charge in [0.15, 0.2) is 0 Å². The molecule has 3 nitrogen and oxygen atoms in total. The standard InChI is InChI=1S/C13H28N2O.H2/c1-5-7-8-9-14-10-11-15(4)13(16)12(3)6-2;/h12,14H,5-11H2,1-4H3;1H. The number of unbranched alkanes of at least 4 members (excludes halogenated alkanes) is 2. The molecule has 1 unspecified atom stereocenters. The summed E-state index contributed by atoms with van der Waals surface area (Å²) in [5.41, 5.74) is 0. The van der Waals surface area contributed by atoms with Crippen LogP contribution in [0.5, 0.6) is 0 Å². The van der Waals surface area contributed by atoms with Gasteiger partial charge in [-0.3, -0.25) is 4.79 Å². The number of carbonyl (C=O) groups excluding carboxylic acids is 1. The van der Waals surface area contributed by atoms with E-state index in [1.807, 2.05) is 18.9 Å². The molecule has 0 heterocycles. The average molecular weight is 230 g/mol. The highest BCUT2D eigenvalue weighted by Crippen LogP contribution is 2.04. The van der Waals surface area contributed by atoms with Gasteiger partial charge in [0.25, 0.3) is 0 Å². The molecule has 0 rings (SSSR count). The van der Waals surface area contributed by atoms with Crippen molar-refractivity contribution < 1.29 is 6.22 Å². The lowest BCUT2D eigenvalue weighted by atomic mass is 10.1. The summed E-state index contributed by atoms with van der Waals surface area (Å²) in [6.07, 6.45) is 4.70. The Kier molecular flexibility index (Phi) is 9.30. The maximum Gasteiger partial charge on any atom is 0.225 e. The van der Waals surface area contributed by atoms with E-state index in [0.29, 0.717) is 0 Å². The van der Waals surface area contributed by atoms with E-state index in [1.54, 1.807) is 0 Å². The van der Waals surface area contributed by atoms with E-state index < -0.39 is 0 Å². The maximum atomic E-state index is 11.7. The predicted octanol–water partition coefficient (Wildman–Crippen LogP) is 2.52. The number of hydrogen-bond acceptors (Lipinski definition) is 2. The van der Waals surface area contributed by atoms with E-state index in [9.17, 15) is 4.79 Å². The summed E-state index contributed by atoms with van der Waals surface area (Å²) < 4.78 is 0. The Morgan fingerprint density at radius 2 is 2.00 bits per heavy atom. The summed E-state index contributed by atoms with van der Waals surface area (Å²) in [7, 11) is 1.89. The zero-order valence-corrected chi connectivity index (χ0v) is 11.4. The number of carbonyl (C=O) groups is 1. The molecule has 0 aromatic rings. The number of likely N-dealkylation sites (N-methyl/N-ethyl adjacent to an activating group) is 1. The molecule has 0 aromatic carbocycles. The Morgan fingerprint density at radius 3 is 2.56 bits per heavy atom. The van der Waals surface area contributed by atoms with Crippen molar-refractivity contribution >= 4 is 5.91 Å². The highest BCUT2D eigenvalue weighted by molar-refractivity contribution is 5.78. The summed E-state index contributed by atoms with van der Waals surface area (Å²) in [5.74, 6) is 0.419. The molecule has 0 aliphatic carbocycles. The van der Waals surface area contributed by atoms with Crippen LogP contribution in [0.3, 0.4) is 0 Å². The van der Waals surface area contributed by atoms with Gasteiger partial charge in [0.1, 0.15) is 0 Å². The maximum absolute atomic E-state index is 11.7. The van der Waals surface area contributed by atoms with Crippen LogP contribution in [0, 0.1) is 5.92 Å². The van der Waals surface area contributed by atoms with E-state index in [-0.39, 0.29) is 13.3 Å². The van der Waals surface area contributed by atoms with Crippen LogP contribution < -0.4 is 5.32 Å². The van der Waals surface area contributed by atoms with Crippen molar-refractivity contribution in [3.8, 4) is 0 Å². The number of hydrogen-bond donors (Lipinski definition) is 1. The first kappa shape index (κ1) is 15.4. The van der Waals surface area contributed by atoms with Gasteiger partial charge < -0.3 is 10.2 Å². The monoisotopic (exact) mass is 230 g/mol. The van der Waals surface area contributed by atoms with Gasteiger partial charge in [0, 0.05) is 27.5 Å². The Labute approximate surface area is 102 Å². The molecule has 0 bridgehead atoms. The average Bonchev–Trinajstić information content (AvgIpc) is 2.31. The molecule has 0 aliphatic heterocycles. The smallest absolute Gasteiger partial charge is 0.225 e. The SMILES string of the molecule is CCCCCNCCN(C)C(=O)C(C)CC.[HH]. The van der Waals surface area contributed by atoms with Crippen molar-refractivity contribution in [3.63, 3.8) is 0 Å². The second-order valence-electron chi connectivity index (χ2n) is 4.53. The summed E-state index contributed by atoms with van der Waals surface area (Å²) in [4.78, 5) is 13.6. The van der Waals surface area contributed by atoms with Gasteiger partial charge in [0.05, 0.1) is 0 Å². The van der Waals surface area contributed by atoms with Crippen LogP contribution in [0.15, 0.2) is 0 Å². The van der Waals surface area contributed by atoms with Crippen molar-refractivity contribution in [2.75, 3.05) is 26.7 Å². The number of amides is 1. The van der Waals surface area contributed by atoms with E-state index in [1.165, 1.54) is 19.3 Å². The molecule has 0 spiro atoms. The lowest BCUT2D eigenvalue weighted by Gasteiger charge is -2.20. The normalized spacial score (nSPS) is 12.5. The Morgan fingerprint density at radius 1 is 1.31 bits per heavy atom. The van der Waals surface area contributed by atoms with Gasteiger partial charge in [0.2, 0.25) is 5.91 Å². The summed E-state index contributed by atoms with van der Waals surface area (Å²) in [5, 5.41) is 3.37. The van der Waals surface area contributed by atoms with Crippen molar-refractivity contribution in [3.05, 3.63) is 0 Å². The van der Waals surface area contributed by atoms with Crippen LogP contribution >= 0.6 is 0 Å². The van der Waals surface area contributed by atoms with E-state index in [0.717, 1.165) is 26.1 Å². The van der Waals surface area contributed by atoms with Gasteiger partial charge in [-0.1, -0.05) is 33.6 Å². The fourth-order valence-corrected chi connectivity index (χ4v) is 1.53. The molecule has 1 amide bonds. The van der Waals surface area contributed by atoms with Gasteiger partial charge in [-0.25, -0.2) is 0 Å². The minimum absolute atomic E-state index is 0. The number of nitrogens with zero attached hydrogens (tertiary/aromatic N) is 1. The second kappa shape index (κ2) is 9.64. The van der Waals surface area contributed by atoms with Gasteiger partial charge >= 0.3 is 0 Å². The lowest BCUT2D eigenvalue weighted by Crippen LogP contribution is -2.36. The van der Waals surface area contributed by atoms with Gasteiger partial charge in [-0.05, 0) is 19.4 Å². The Balaban J connectivity index is 0. The first-order chi connectivity index (χ1) is 7.63. The third-order valence-corrected chi connectivity index (χ3v) is 2.99.